The number of benzene rings is 3. The molecule has 0 radical (unpaired) electrons. The first-order valence-electron chi connectivity index (χ1n) is 10.2. The summed E-state index contributed by atoms with van der Waals surface area (Å²) < 4.78 is 0. The van der Waals surface area contributed by atoms with Crippen LogP contribution in [0.1, 0.15) is 32.4 Å². The Kier molecular flexibility index (Phi) is 6.95. The molecule has 1 fully saturated rings. The highest BCUT2D eigenvalue weighted by molar-refractivity contribution is 8.00. The number of nitrogens with one attached hydrogen (secondary N) is 1. The quantitative estimate of drug-likeness (QED) is 0.545. The Bertz CT molecular complexity index is 1040. The van der Waals surface area contributed by atoms with E-state index in [0.717, 1.165) is 23.1 Å². The maximum absolute atomic E-state index is 12.5. The van der Waals surface area contributed by atoms with Crippen LogP contribution in [0.5, 0.6) is 0 Å². The lowest BCUT2D eigenvalue weighted by Crippen LogP contribution is -2.28. The highest BCUT2D eigenvalue weighted by Gasteiger charge is 2.32. The maximum Gasteiger partial charge on any atom is 0.251 e. The fourth-order valence-electron chi connectivity index (χ4n) is 3.55. The van der Waals surface area contributed by atoms with Gasteiger partial charge in [-0.3, -0.25) is 9.59 Å². The van der Waals surface area contributed by atoms with E-state index in [2.05, 4.69) is 5.32 Å². The number of carbonyl (C=O) groups excluding carboxylic acids is 2. The van der Waals surface area contributed by atoms with E-state index in [-0.39, 0.29) is 17.2 Å². The van der Waals surface area contributed by atoms with Gasteiger partial charge in [-0.25, -0.2) is 0 Å². The summed E-state index contributed by atoms with van der Waals surface area (Å²) in [5, 5.41) is 3.63. The Morgan fingerprint density at radius 1 is 0.968 bits per heavy atom. The summed E-state index contributed by atoms with van der Waals surface area (Å²) in [7, 11) is 0. The summed E-state index contributed by atoms with van der Waals surface area (Å²) in [6.45, 7) is 1.14. The van der Waals surface area contributed by atoms with Crippen molar-refractivity contribution in [2.24, 2.45) is 0 Å². The maximum atomic E-state index is 12.5. The van der Waals surface area contributed by atoms with E-state index in [4.69, 9.17) is 11.6 Å². The second kappa shape index (κ2) is 10.0. The summed E-state index contributed by atoms with van der Waals surface area (Å²) in [6.07, 6.45) is 0.746. The molecule has 3 aromatic rings. The number of carbonyl (C=O) groups is 2. The molecule has 1 aliphatic rings. The van der Waals surface area contributed by atoms with Gasteiger partial charge in [0.25, 0.3) is 5.91 Å². The van der Waals surface area contributed by atoms with E-state index >= 15 is 0 Å². The highest BCUT2D eigenvalue weighted by atomic mass is 35.5. The SMILES string of the molecule is O=C(NCCc1ccc(Cl)cc1)c1ccc(C2SCC(=O)N2Cc2ccccc2)cc1. The van der Waals surface area contributed by atoms with Crippen LogP contribution < -0.4 is 5.32 Å². The van der Waals surface area contributed by atoms with Crippen LogP contribution in [0.3, 0.4) is 0 Å². The van der Waals surface area contributed by atoms with E-state index in [1.54, 1.807) is 11.8 Å². The Morgan fingerprint density at radius 2 is 1.68 bits per heavy atom. The third-order valence-electron chi connectivity index (χ3n) is 5.23. The van der Waals surface area contributed by atoms with Gasteiger partial charge in [0.15, 0.2) is 0 Å². The van der Waals surface area contributed by atoms with Gasteiger partial charge < -0.3 is 10.2 Å². The van der Waals surface area contributed by atoms with Crippen molar-refractivity contribution in [3.8, 4) is 0 Å². The Labute approximate surface area is 191 Å². The van der Waals surface area contributed by atoms with E-state index in [0.29, 0.717) is 29.4 Å². The van der Waals surface area contributed by atoms with Gasteiger partial charge in [-0.1, -0.05) is 66.2 Å². The Balaban J connectivity index is 1.36. The number of amides is 2. The van der Waals surface area contributed by atoms with Crippen LogP contribution in [0.25, 0.3) is 0 Å². The van der Waals surface area contributed by atoms with Crippen molar-refractivity contribution in [3.05, 3.63) is 106 Å². The van der Waals surface area contributed by atoms with Crippen LogP contribution in [0, 0.1) is 0 Å². The topological polar surface area (TPSA) is 49.4 Å². The van der Waals surface area contributed by atoms with Crippen molar-refractivity contribution in [2.45, 2.75) is 18.3 Å². The van der Waals surface area contributed by atoms with Crippen LogP contribution in [0.15, 0.2) is 78.9 Å². The third-order valence-corrected chi connectivity index (χ3v) is 6.74. The van der Waals surface area contributed by atoms with Crippen molar-refractivity contribution >= 4 is 35.2 Å². The standard InChI is InChI=1S/C25H23ClN2O2S/c26-22-12-6-18(7-13-22)14-15-27-24(30)20-8-10-21(11-9-20)25-28(23(29)17-31-25)16-19-4-2-1-3-5-19/h1-13,25H,14-17H2,(H,27,30). The molecule has 0 spiro atoms. The second-order valence-corrected chi connectivity index (χ2v) is 8.93. The molecule has 0 saturated carbocycles. The molecule has 3 aromatic carbocycles. The lowest BCUT2D eigenvalue weighted by atomic mass is 10.1. The average Bonchev–Trinajstić information content (AvgIpc) is 3.16. The molecule has 1 heterocycles. The summed E-state index contributed by atoms with van der Waals surface area (Å²) in [6, 6.07) is 25.2. The smallest absolute Gasteiger partial charge is 0.251 e. The van der Waals surface area contributed by atoms with Crippen molar-refractivity contribution in [3.63, 3.8) is 0 Å². The first kappa shape index (κ1) is 21.5. The molecular formula is C25H23ClN2O2S. The third kappa shape index (κ3) is 5.49. The molecule has 31 heavy (non-hydrogen) atoms. The van der Waals surface area contributed by atoms with Crippen LogP contribution in [-0.4, -0.2) is 29.0 Å². The number of hydrogen-bond donors (Lipinski definition) is 1. The van der Waals surface area contributed by atoms with Gasteiger partial charge in [0, 0.05) is 23.7 Å². The molecule has 2 amide bonds. The zero-order valence-corrected chi connectivity index (χ0v) is 18.5. The fourth-order valence-corrected chi connectivity index (χ4v) is 4.87. The monoisotopic (exact) mass is 450 g/mol. The normalized spacial score (nSPS) is 15.8. The molecule has 1 unspecified atom stereocenters. The molecule has 0 bridgehead atoms. The minimum absolute atomic E-state index is 0.0327. The first-order valence-corrected chi connectivity index (χ1v) is 11.6. The lowest BCUT2D eigenvalue weighted by molar-refractivity contribution is -0.128. The largest absolute Gasteiger partial charge is 0.352 e. The predicted molar refractivity (Wildman–Crippen MR) is 126 cm³/mol. The minimum Gasteiger partial charge on any atom is -0.352 e. The number of thioether (sulfide) groups is 1. The molecule has 1 aliphatic heterocycles. The van der Waals surface area contributed by atoms with E-state index in [9.17, 15) is 9.59 Å². The number of rotatable bonds is 7. The Hall–Kier alpha value is -2.76. The predicted octanol–water partition coefficient (Wildman–Crippen LogP) is 5.09. The molecule has 158 valence electrons. The van der Waals surface area contributed by atoms with Crippen LogP contribution >= 0.6 is 23.4 Å². The van der Waals surface area contributed by atoms with Gasteiger partial charge in [-0.05, 0) is 47.4 Å². The zero-order valence-electron chi connectivity index (χ0n) is 17.0. The lowest BCUT2D eigenvalue weighted by Gasteiger charge is -2.24. The van der Waals surface area contributed by atoms with Crippen molar-refractivity contribution in [1.29, 1.82) is 0 Å². The van der Waals surface area contributed by atoms with Gasteiger partial charge in [0.2, 0.25) is 5.91 Å². The van der Waals surface area contributed by atoms with E-state index < -0.39 is 0 Å². The van der Waals surface area contributed by atoms with Crippen LogP contribution in [0.4, 0.5) is 0 Å². The zero-order chi connectivity index (χ0) is 21.6. The number of hydrogen-bond acceptors (Lipinski definition) is 3. The molecule has 1 N–H and O–H groups in total. The highest BCUT2D eigenvalue weighted by Crippen LogP contribution is 2.39. The van der Waals surface area contributed by atoms with Gasteiger partial charge in [0.05, 0.1) is 5.75 Å². The summed E-state index contributed by atoms with van der Waals surface area (Å²) in [4.78, 5) is 26.8. The molecule has 4 rings (SSSR count). The van der Waals surface area contributed by atoms with Gasteiger partial charge in [-0.2, -0.15) is 0 Å². The minimum atomic E-state index is -0.100. The van der Waals surface area contributed by atoms with Gasteiger partial charge in [0.1, 0.15) is 5.37 Å². The molecule has 1 saturated heterocycles. The first-order chi connectivity index (χ1) is 15.1. The molecule has 0 aromatic heterocycles. The summed E-state index contributed by atoms with van der Waals surface area (Å²) >= 11 is 7.52. The van der Waals surface area contributed by atoms with E-state index in [1.807, 2.05) is 83.8 Å². The van der Waals surface area contributed by atoms with Crippen LogP contribution in [-0.2, 0) is 17.8 Å². The molecule has 1 atom stereocenters. The van der Waals surface area contributed by atoms with Crippen molar-refractivity contribution in [1.82, 2.24) is 10.2 Å². The number of halogens is 1. The molecule has 6 heteroatoms. The molecule has 0 aliphatic carbocycles. The number of nitrogens with zero attached hydrogens (tertiary/aromatic N) is 1. The van der Waals surface area contributed by atoms with Crippen molar-refractivity contribution < 1.29 is 9.59 Å². The summed E-state index contributed by atoms with van der Waals surface area (Å²) in [5.41, 5.74) is 3.88. The Morgan fingerprint density at radius 3 is 2.39 bits per heavy atom. The van der Waals surface area contributed by atoms with Gasteiger partial charge >= 0.3 is 0 Å². The summed E-state index contributed by atoms with van der Waals surface area (Å²) in [5.74, 6) is 0.518. The fraction of sp³-hybridized carbons (Fsp3) is 0.200. The van der Waals surface area contributed by atoms with Crippen LogP contribution in [0.2, 0.25) is 5.02 Å². The van der Waals surface area contributed by atoms with E-state index in [1.165, 1.54) is 0 Å². The molecule has 4 nitrogen and oxygen atoms in total. The second-order valence-electron chi connectivity index (χ2n) is 7.42. The van der Waals surface area contributed by atoms with Gasteiger partial charge in [-0.15, -0.1) is 11.8 Å². The molecular weight excluding hydrogens is 428 g/mol. The average molecular weight is 451 g/mol. The van der Waals surface area contributed by atoms with Crippen molar-refractivity contribution in [2.75, 3.05) is 12.3 Å².